The van der Waals surface area contributed by atoms with Crippen LogP contribution in [-0.4, -0.2) is 95.0 Å². The van der Waals surface area contributed by atoms with Crippen LogP contribution in [0.25, 0.3) is 11.4 Å². The molecule has 1 aromatic heterocycles. The fraction of sp³-hybridized carbons (Fsp3) is 0.455. The van der Waals surface area contributed by atoms with E-state index in [2.05, 4.69) is 20.4 Å². The van der Waals surface area contributed by atoms with Gasteiger partial charge in [0, 0.05) is 48.7 Å². The summed E-state index contributed by atoms with van der Waals surface area (Å²) in [6.45, 7) is 9.45. The molecule has 2 aromatic carbocycles. The van der Waals surface area contributed by atoms with Crippen LogP contribution in [-0.2, 0) is 20.8 Å². The molecule has 3 aromatic rings. The lowest BCUT2D eigenvalue weighted by Gasteiger charge is -2.41. The number of anilines is 4. The standard InChI is InChI=1S/C33H38N8O6/c1-33(2,3)47-32(44)40-17-24-9-10-25(18-40)41(24)30-37-27(36-29(38-30)39-12-14-45-15-13-39)20-4-6-22(7-5-20)34-31(43)35-23-8-11-26-21(16-23)19-46-28(26)42/h4-8,11,16,24-25H,9-10,12-15,17-19H2,1-3H3,(H2,34,35,43). The molecule has 2 unspecified atom stereocenters. The van der Waals surface area contributed by atoms with Crippen molar-refractivity contribution in [3.8, 4) is 11.4 Å². The molecule has 4 aliphatic heterocycles. The highest BCUT2D eigenvalue weighted by molar-refractivity contribution is 6.01. The highest BCUT2D eigenvalue weighted by Crippen LogP contribution is 2.35. The number of urea groups is 1. The zero-order valence-corrected chi connectivity index (χ0v) is 26.7. The van der Waals surface area contributed by atoms with Crippen LogP contribution in [0.2, 0.25) is 0 Å². The number of nitrogens with zero attached hydrogens (tertiary/aromatic N) is 6. The van der Waals surface area contributed by atoms with E-state index in [1.54, 1.807) is 35.2 Å². The summed E-state index contributed by atoms with van der Waals surface area (Å²) in [6.07, 6.45) is 1.56. The van der Waals surface area contributed by atoms with Crippen molar-refractivity contribution in [1.29, 1.82) is 0 Å². The van der Waals surface area contributed by atoms with Gasteiger partial charge in [-0.3, -0.25) is 0 Å². The molecule has 7 rings (SSSR count). The molecule has 2 atom stereocenters. The van der Waals surface area contributed by atoms with Gasteiger partial charge in [0.2, 0.25) is 11.9 Å². The fourth-order valence-electron chi connectivity index (χ4n) is 6.42. The predicted octanol–water partition coefficient (Wildman–Crippen LogP) is 4.28. The lowest BCUT2D eigenvalue weighted by Crippen LogP contribution is -2.56. The van der Waals surface area contributed by atoms with Crippen LogP contribution in [0.4, 0.5) is 32.9 Å². The second-order valence-corrected chi connectivity index (χ2v) is 13.1. The number of nitrogens with one attached hydrogen (secondary N) is 2. The number of carbonyl (C=O) groups excluding carboxylic acids is 3. The maximum atomic E-state index is 12.9. The van der Waals surface area contributed by atoms with Crippen molar-refractivity contribution in [1.82, 2.24) is 19.9 Å². The third kappa shape index (κ3) is 6.64. The van der Waals surface area contributed by atoms with Crippen molar-refractivity contribution in [3.05, 3.63) is 53.6 Å². The third-order valence-corrected chi connectivity index (χ3v) is 8.61. The van der Waals surface area contributed by atoms with Crippen LogP contribution in [0.1, 0.15) is 49.5 Å². The smallest absolute Gasteiger partial charge is 0.410 e. The minimum absolute atomic E-state index is 0.0674. The first-order valence-electron chi connectivity index (χ1n) is 15.9. The number of hydrogen-bond donors (Lipinski definition) is 2. The number of rotatable bonds is 5. The summed E-state index contributed by atoms with van der Waals surface area (Å²) in [5.74, 6) is 1.35. The molecular weight excluding hydrogens is 604 g/mol. The normalized spacial score (nSPS) is 20.5. The maximum absolute atomic E-state index is 12.9. The van der Waals surface area contributed by atoms with Gasteiger partial charge in [0.1, 0.15) is 12.2 Å². The predicted molar refractivity (Wildman–Crippen MR) is 174 cm³/mol. The number of amides is 3. The Morgan fingerprint density at radius 3 is 2.26 bits per heavy atom. The van der Waals surface area contributed by atoms with Crippen molar-refractivity contribution < 1.29 is 28.6 Å². The van der Waals surface area contributed by atoms with Crippen molar-refractivity contribution >= 4 is 41.4 Å². The second-order valence-electron chi connectivity index (χ2n) is 13.1. The fourth-order valence-corrected chi connectivity index (χ4v) is 6.42. The van der Waals surface area contributed by atoms with Crippen molar-refractivity contribution in [2.75, 3.05) is 59.8 Å². The van der Waals surface area contributed by atoms with Crippen molar-refractivity contribution in [2.24, 2.45) is 0 Å². The van der Waals surface area contributed by atoms with Crippen LogP contribution in [0.3, 0.4) is 0 Å². The first kappa shape index (κ1) is 30.7. The van der Waals surface area contributed by atoms with Gasteiger partial charge in [0.25, 0.3) is 0 Å². The summed E-state index contributed by atoms with van der Waals surface area (Å²) in [7, 11) is 0. The van der Waals surface area contributed by atoms with Gasteiger partial charge >= 0.3 is 18.1 Å². The number of esters is 1. The van der Waals surface area contributed by atoms with E-state index in [9.17, 15) is 14.4 Å². The molecule has 0 radical (unpaired) electrons. The Labute approximate surface area is 272 Å². The highest BCUT2D eigenvalue weighted by atomic mass is 16.6. The average molecular weight is 643 g/mol. The van der Waals surface area contributed by atoms with Crippen LogP contribution in [0.15, 0.2) is 42.5 Å². The minimum Gasteiger partial charge on any atom is -0.457 e. The number of ether oxygens (including phenoxy) is 3. The topological polar surface area (TPSA) is 151 Å². The van der Waals surface area contributed by atoms with Gasteiger partial charge < -0.3 is 39.5 Å². The second kappa shape index (κ2) is 12.3. The molecule has 3 fully saturated rings. The van der Waals surface area contributed by atoms with Gasteiger partial charge in [-0.15, -0.1) is 0 Å². The molecule has 246 valence electrons. The van der Waals surface area contributed by atoms with Gasteiger partial charge in [-0.1, -0.05) is 0 Å². The summed E-state index contributed by atoms with van der Waals surface area (Å²) in [6, 6.07) is 12.1. The van der Waals surface area contributed by atoms with Gasteiger partial charge in [0.05, 0.1) is 30.9 Å². The summed E-state index contributed by atoms with van der Waals surface area (Å²) >= 11 is 0. The Morgan fingerprint density at radius 2 is 1.55 bits per heavy atom. The number of hydrogen-bond acceptors (Lipinski definition) is 11. The van der Waals surface area contributed by atoms with Crippen LogP contribution in [0, 0.1) is 0 Å². The molecule has 3 amide bonds. The molecule has 14 nitrogen and oxygen atoms in total. The maximum Gasteiger partial charge on any atom is 0.410 e. The lowest BCUT2D eigenvalue weighted by molar-refractivity contribution is 0.0208. The Bertz CT molecular complexity index is 1670. The Hall–Kier alpha value is -4.98. The lowest BCUT2D eigenvalue weighted by atomic mass is 10.1. The summed E-state index contributed by atoms with van der Waals surface area (Å²) < 4.78 is 16.3. The van der Waals surface area contributed by atoms with E-state index in [0.29, 0.717) is 74.1 Å². The van der Waals surface area contributed by atoms with E-state index >= 15 is 0 Å². The van der Waals surface area contributed by atoms with Crippen LogP contribution < -0.4 is 20.4 Å². The molecule has 47 heavy (non-hydrogen) atoms. The SMILES string of the molecule is CC(C)(C)OC(=O)N1CC2CCC(C1)N2c1nc(-c2ccc(NC(=O)Nc3ccc4c(c3)COC4=O)cc2)nc(N2CCOCC2)n1. The molecule has 2 bridgehead atoms. The molecule has 5 heterocycles. The zero-order valence-electron chi connectivity index (χ0n) is 26.7. The number of fused-ring (bicyclic) bond motifs is 3. The van der Waals surface area contributed by atoms with Crippen molar-refractivity contribution in [3.63, 3.8) is 0 Å². The molecule has 2 N–H and O–H groups in total. The summed E-state index contributed by atoms with van der Waals surface area (Å²) in [5.41, 5.74) is 2.62. The number of carbonyl (C=O) groups is 3. The first-order valence-corrected chi connectivity index (χ1v) is 15.9. The number of piperazine rings is 1. The van der Waals surface area contributed by atoms with Crippen LogP contribution >= 0.6 is 0 Å². The quantitative estimate of drug-likeness (QED) is 0.384. The van der Waals surface area contributed by atoms with E-state index < -0.39 is 11.6 Å². The highest BCUT2D eigenvalue weighted by Gasteiger charge is 2.44. The summed E-state index contributed by atoms with van der Waals surface area (Å²) in [4.78, 5) is 58.3. The van der Waals surface area contributed by atoms with Gasteiger partial charge in [0.15, 0.2) is 5.82 Å². The van der Waals surface area contributed by atoms with Gasteiger partial charge in [-0.05, 0) is 76.1 Å². The molecule has 0 saturated carbocycles. The molecular formula is C33H38N8O6. The Morgan fingerprint density at radius 1 is 0.894 bits per heavy atom. The summed E-state index contributed by atoms with van der Waals surface area (Å²) in [5, 5.41) is 5.65. The zero-order chi connectivity index (χ0) is 32.7. The molecule has 3 saturated heterocycles. The van der Waals surface area contributed by atoms with Gasteiger partial charge in [-0.25, -0.2) is 14.4 Å². The molecule has 0 spiro atoms. The van der Waals surface area contributed by atoms with E-state index in [-0.39, 0.29) is 30.8 Å². The average Bonchev–Trinajstić information content (AvgIpc) is 3.55. The molecule has 14 heteroatoms. The number of likely N-dealkylation sites (tertiary alicyclic amines) is 1. The number of morpholine rings is 1. The van der Waals surface area contributed by atoms with Crippen LogP contribution in [0.5, 0.6) is 0 Å². The molecule has 4 aliphatic rings. The number of cyclic esters (lactones) is 1. The number of aromatic nitrogens is 3. The van der Waals surface area contributed by atoms with E-state index in [0.717, 1.165) is 24.0 Å². The Kier molecular flexibility index (Phi) is 8.04. The minimum atomic E-state index is -0.557. The number of benzene rings is 2. The van der Waals surface area contributed by atoms with E-state index in [1.165, 1.54) is 0 Å². The Balaban J connectivity index is 1.09. The monoisotopic (exact) mass is 642 g/mol. The third-order valence-electron chi connectivity index (χ3n) is 8.61. The molecule has 0 aliphatic carbocycles. The first-order chi connectivity index (χ1) is 22.6. The van der Waals surface area contributed by atoms with Gasteiger partial charge in [-0.2, -0.15) is 15.0 Å². The van der Waals surface area contributed by atoms with Crippen molar-refractivity contribution in [2.45, 2.75) is 57.9 Å². The van der Waals surface area contributed by atoms with E-state index in [1.807, 2.05) is 32.9 Å². The van der Waals surface area contributed by atoms with E-state index in [4.69, 9.17) is 29.2 Å². The largest absolute Gasteiger partial charge is 0.457 e.